The number of ether oxygens (including phenoxy) is 5. The van der Waals surface area contributed by atoms with E-state index in [0.717, 1.165) is 24.8 Å². The van der Waals surface area contributed by atoms with E-state index < -0.39 is 23.9 Å². The molecule has 0 aliphatic carbocycles. The fraction of sp³-hybridized carbons (Fsp3) is 0.500. The second-order valence-corrected chi connectivity index (χ2v) is 12.2. The van der Waals surface area contributed by atoms with Crippen molar-refractivity contribution in [3.63, 3.8) is 0 Å². The third kappa shape index (κ3) is 13.6. The zero-order chi connectivity index (χ0) is 35.6. The van der Waals surface area contributed by atoms with Gasteiger partial charge in [0.15, 0.2) is 11.6 Å². The third-order valence-corrected chi connectivity index (χ3v) is 7.71. The number of esters is 1. The number of aryl methyl sites for hydroxylation is 1. The Kier molecular flexibility index (Phi) is 16.6. The van der Waals surface area contributed by atoms with Crippen molar-refractivity contribution < 1.29 is 52.2 Å². The molecule has 0 saturated carbocycles. The summed E-state index contributed by atoms with van der Waals surface area (Å²) in [5, 5.41) is 0. The Labute approximate surface area is 288 Å². The summed E-state index contributed by atoms with van der Waals surface area (Å²) < 4.78 is 42.7. The molecule has 0 amide bonds. The van der Waals surface area contributed by atoms with E-state index in [9.17, 15) is 14.4 Å². The van der Waals surface area contributed by atoms with E-state index in [1.807, 2.05) is 12.1 Å². The molecule has 0 radical (unpaired) electrons. The number of hydrogen-bond acceptors (Lipinski definition) is 10. The van der Waals surface area contributed by atoms with Gasteiger partial charge in [-0.25, -0.2) is 18.8 Å². The molecule has 3 rings (SSSR count). The maximum absolute atomic E-state index is 15.3. The molecule has 0 N–H and O–H groups in total. The van der Waals surface area contributed by atoms with Gasteiger partial charge in [-0.3, -0.25) is 4.89 Å². The summed E-state index contributed by atoms with van der Waals surface area (Å²) in [6.45, 7) is 13.5. The van der Waals surface area contributed by atoms with Crippen LogP contribution in [0.4, 0.5) is 9.18 Å². The number of carbonyl (C=O) groups excluding carboxylic acids is 3. The van der Waals surface area contributed by atoms with Crippen molar-refractivity contribution >= 4 is 18.1 Å². The predicted molar refractivity (Wildman–Crippen MR) is 182 cm³/mol. The molecular weight excluding hydrogens is 635 g/mol. The average molecular weight is 685 g/mol. The normalized spacial score (nSPS) is 12.9. The van der Waals surface area contributed by atoms with Crippen LogP contribution in [0.25, 0.3) is 11.1 Å². The van der Waals surface area contributed by atoms with Gasteiger partial charge in [0, 0.05) is 17.6 Å². The topological polar surface area (TPSA) is 116 Å². The number of halogens is 1. The van der Waals surface area contributed by atoms with Crippen molar-refractivity contribution in [2.24, 2.45) is 5.92 Å². The Balaban J connectivity index is 1.86. The standard InChI is InChI=1S/C38H49FO10/c1-6-7-8-9-10-11-17-43-34-15-14-29(22-33(34)39)32-20-30(13-12-18-44-36(40)26(2)3)35(45-23-28-24-46-38(42)47-25-28)31(21-32)16-19-48-49-37(41)27(4)5/h14-15,20-22,28H,2,4,6-13,16-19,23-25H2,1,3,5H3. The second kappa shape index (κ2) is 20.9. The van der Waals surface area contributed by atoms with Gasteiger partial charge in [-0.15, -0.1) is 0 Å². The number of hydrogen-bond donors (Lipinski definition) is 0. The SMILES string of the molecule is C=C(C)C(=O)OCCCc1cc(-c2ccc(OCCCCCCCC)c(F)c2)cc(CCOOC(=O)C(=C)C)c1OCC1COC(=O)OC1. The largest absolute Gasteiger partial charge is 0.508 e. The van der Waals surface area contributed by atoms with Crippen LogP contribution < -0.4 is 9.47 Å². The highest BCUT2D eigenvalue weighted by Crippen LogP contribution is 2.35. The highest BCUT2D eigenvalue weighted by atomic mass is 19.1. The number of carbonyl (C=O) groups is 3. The summed E-state index contributed by atoms with van der Waals surface area (Å²) in [6, 6.07) is 8.65. The summed E-state index contributed by atoms with van der Waals surface area (Å²) in [7, 11) is 0. The van der Waals surface area contributed by atoms with E-state index in [0.29, 0.717) is 47.5 Å². The van der Waals surface area contributed by atoms with Crippen LogP contribution in [0.1, 0.15) is 76.8 Å². The van der Waals surface area contributed by atoms with Crippen molar-refractivity contribution in [1.82, 2.24) is 0 Å². The van der Waals surface area contributed by atoms with Crippen LogP contribution in [0.15, 0.2) is 54.6 Å². The molecular formula is C38H49FO10. The quantitative estimate of drug-likeness (QED) is 0.0397. The second-order valence-electron chi connectivity index (χ2n) is 12.2. The van der Waals surface area contributed by atoms with E-state index in [2.05, 4.69) is 20.1 Å². The molecule has 268 valence electrons. The highest BCUT2D eigenvalue weighted by Gasteiger charge is 2.23. The van der Waals surface area contributed by atoms with Crippen molar-refractivity contribution in [2.75, 3.05) is 39.6 Å². The van der Waals surface area contributed by atoms with Crippen LogP contribution in [-0.4, -0.2) is 57.7 Å². The van der Waals surface area contributed by atoms with Crippen LogP contribution in [0, 0.1) is 11.7 Å². The molecule has 1 fully saturated rings. The van der Waals surface area contributed by atoms with Crippen molar-refractivity contribution in [1.29, 1.82) is 0 Å². The molecule has 0 bridgehead atoms. The fourth-order valence-corrected chi connectivity index (χ4v) is 4.97. The van der Waals surface area contributed by atoms with Gasteiger partial charge in [-0.2, -0.15) is 4.89 Å². The minimum absolute atomic E-state index is 0.00175. The van der Waals surface area contributed by atoms with Crippen molar-refractivity contribution in [2.45, 2.75) is 78.6 Å². The first-order chi connectivity index (χ1) is 23.6. The third-order valence-electron chi connectivity index (χ3n) is 7.71. The van der Waals surface area contributed by atoms with Gasteiger partial charge in [0.05, 0.1) is 32.3 Å². The lowest BCUT2D eigenvalue weighted by molar-refractivity contribution is -0.267. The Morgan fingerprint density at radius 3 is 2.16 bits per heavy atom. The van der Waals surface area contributed by atoms with Gasteiger partial charge in [0.2, 0.25) is 0 Å². The lowest BCUT2D eigenvalue weighted by atomic mass is 9.95. The Bertz CT molecular complexity index is 1370. The lowest BCUT2D eigenvalue weighted by Gasteiger charge is -2.24. The molecule has 0 atom stereocenters. The molecule has 1 aliphatic rings. The minimum Gasteiger partial charge on any atom is -0.492 e. The van der Waals surface area contributed by atoms with Crippen LogP contribution in [0.3, 0.4) is 0 Å². The molecule has 11 heteroatoms. The van der Waals surface area contributed by atoms with Gasteiger partial charge in [-0.1, -0.05) is 58.3 Å². The Morgan fingerprint density at radius 2 is 1.49 bits per heavy atom. The van der Waals surface area contributed by atoms with E-state index >= 15 is 4.39 Å². The van der Waals surface area contributed by atoms with Crippen LogP contribution in [-0.2, 0) is 46.4 Å². The lowest BCUT2D eigenvalue weighted by Crippen LogP contribution is -2.31. The first-order valence-electron chi connectivity index (χ1n) is 16.9. The molecule has 0 unspecified atom stereocenters. The van der Waals surface area contributed by atoms with Crippen molar-refractivity contribution in [3.05, 3.63) is 71.6 Å². The molecule has 1 heterocycles. The first kappa shape index (κ1) is 39.1. The van der Waals surface area contributed by atoms with Crippen LogP contribution in [0.2, 0.25) is 0 Å². The summed E-state index contributed by atoms with van der Waals surface area (Å²) in [6.07, 6.45) is 7.11. The fourth-order valence-electron chi connectivity index (χ4n) is 4.97. The maximum atomic E-state index is 15.3. The zero-order valence-electron chi connectivity index (χ0n) is 28.9. The van der Waals surface area contributed by atoms with Gasteiger partial charge >= 0.3 is 18.1 Å². The average Bonchev–Trinajstić information content (AvgIpc) is 3.08. The van der Waals surface area contributed by atoms with E-state index in [-0.39, 0.29) is 56.7 Å². The summed E-state index contributed by atoms with van der Waals surface area (Å²) in [4.78, 5) is 45.2. The molecule has 1 aliphatic heterocycles. The predicted octanol–water partition coefficient (Wildman–Crippen LogP) is 8.04. The van der Waals surface area contributed by atoms with Gasteiger partial charge < -0.3 is 23.7 Å². The number of cyclic esters (lactones) is 2. The zero-order valence-corrected chi connectivity index (χ0v) is 28.9. The molecule has 2 aromatic rings. The number of benzene rings is 2. The molecule has 2 aromatic carbocycles. The number of unbranched alkanes of at least 4 members (excludes halogenated alkanes) is 5. The maximum Gasteiger partial charge on any atom is 0.508 e. The van der Waals surface area contributed by atoms with E-state index in [4.69, 9.17) is 33.5 Å². The monoisotopic (exact) mass is 684 g/mol. The molecule has 1 saturated heterocycles. The molecule has 49 heavy (non-hydrogen) atoms. The van der Waals surface area contributed by atoms with Crippen LogP contribution in [0.5, 0.6) is 11.5 Å². The Morgan fingerprint density at radius 1 is 0.816 bits per heavy atom. The smallest absolute Gasteiger partial charge is 0.492 e. The molecule has 0 spiro atoms. The summed E-state index contributed by atoms with van der Waals surface area (Å²) in [5.41, 5.74) is 3.31. The minimum atomic E-state index is -0.723. The van der Waals surface area contributed by atoms with Gasteiger partial charge in [-0.05, 0) is 79.6 Å². The summed E-state index contributed by atoms with van der Waals surface area (Å²) in [5.74, 6) is -1.10. The first-order valence-corrected chi connectivity index (χ1v) is 16.9. The number of rotatable bonds is 22. The molecule has 0 aromatic heterocycles. The van der Waals surface area contributed by atoms with E-state index in [1.54, 1.807) is 19.1 Å². The highest BCUT2D eigenvalue weighted by molar-refractivity contribution is 5.87. The van der Waals surface area contributed by atoms with E-state index in [1.165, 1.54) is 32.3 Å². The van der Waals surface area contributed by atoms with Crippen molar-refractivity contribution in [3.8, 4) is 22.6 Å². The van der Waals surface area contributed by atoms with Gasteiger partial charge in [0.25, 0.3) is 0 Å². The van der Waals surface area contributed by atoms with Gasteiger partial charge in [0.1, 0.15) is 19.0 Å². The van der Waals surface area contributed by atoms with Crippen LogP contribution >= 0.6 is 0 Å². The summed E-state index contributed by atoms with van der Waals surface area (Å²) >= 11 is 0. The molecule has 10 nitrogen and oxygen atoms in total. The Hall–Kier alpha value is -4.38.